The number of benzene rings is 1. The Morgan fingerprint density at radius 2 is 1.56 bits per heavy atom. The summed E-state index contributed by atoms with van der Waals surface area (Å²) in [5.74, 6) is 0.847. The van der Waals surface area contributed by atoms with Crippen LogP contribution < -0.4 is 0 Å². The predicted molar refractivity (Wildman–Crippen MR) is 74.3 cm³/mol. The molecule has 0 aromatic heterocycles. The molecule has 1 saturated carbocycles. The molecule has 0 radical (unpaired) electrons. The van der Waals surface area contributed by atoms with Crippen LogP contribution in [0.15, 0.2) is 12.1 Å². The van der Waals surface area contributed by atoms with Crippen molar-refractivity contribution in [1.29, 1.82) is 0 Å². The van der Waals surface area contributed by atoms with Crippen LogP contribution in [0.25, 0.3) is 0 Å². The quantitative estimate of drug-likeness (QED) is 0.650. The molecule has 1 aliphatic rings. The molecule has 1 heteroatoms. The zero-order valence-corrected chi connectivity index (χ0v) is 12.1. The molecule has 0 amide bonds. The Labute approximate surface area is 108 Å². The van der Waals surface area contributed by atoms with Crippen LogP contribution in [-0.4, -0.2) is 0 Å². The van der Waals surface area contributed by atoms with E-state index < -0.39 is 0 Å². The van der Waals surface area contributed by atoms with Crippen molar-refractivity contribution in [2.45, 2.75) is 51.3 Å². The van der Waals surface area contributed by atoms with E-state index in [0.717, 1.165) is 5.92 Å². The second-order valence-electron chi connectivity index (χ2n) is 5.26. The van der Waals surface area contributed by atoms with E-state index in [1.165, 1.54) is 47.9 Å². The van der Waals surface area contributed by atoms with Crippen LogP contribution in [0.5, 0.6) is 0 Å². The third-order valence-corrected chi connectivity index (χ3v) is 5.03. The van der Waals surface area contributed by atoms with E-state index in [9.17, 15) is 0 Å². The van der Waals surface area contributed by atoms with Crippen LogP contribution in [0.1, 0.15) is 52.8 Å². The first-order chi connectivity index (χ1) is 7.59. The lowest BCUT2D eigenvalue weighted by molar-refractivity contribution is 0.539. The Kier molecular flexibility index (Phi) is 3.73. The Morgan fingerprint density at radius 1 is 1.06 bits per heavy atom. The van der Waals surface area contributed by atoms with Crippen molar-refractivity contribution in [3.05, 3.63) is 34.4 Å². The van der Waals surface area contributed by atoms with Crippen molar-refractivity contribution in [3.63, 3.8) is 0 Å². The summed E-state index contributed by atoms with van der Waals surface area (Å²) in [6.07, 6.45) is 5.61. The maximum absolute atomic E-state index is 3.94. The highest BCUT2D eigenvalue weighted by atomic mass is 79.9. The van der Waals surface area contributed by atoms with Crippen LogP contribution >= 0.6 is 15.9 Å². The van der Waals surface area contributed by atoms with Gasteiger partial charge in [0, 0.05) is 4.83 Å². The molecule has 1 aromatic rings. The average molecular weight is 281 g/mol. The van der Waals surface area contributed by atoms with E-state index in [1.807, 2.05) is 0 Å². The Balaban J connectivity index is 2.31. The predicted octanol–water partition coefficient (Wildman–Crippen LogP) is 5.24. The fourth-order valence-electron chi connectivity index (χ4n) is 3.11. The molecule has 1 unspecified atom stereocenters. The highest BCUT2D eigenvalue weighted by molar-refractivity contribution is 9.09. The minimum absolute atomic E-state index is 0.565. The van der Waals surface area contributed by atoms with Crippen molar-refractivity contribution in [3.8, 4) is 0 Å². The van der Waals surface area contributed by atoms with Crippen molar-refractivity contribution in [2.75, 3.05) is 0 Å². The number of hydrogen-bond donors (Lipinski definition) is 0. The lowest BCUT2D eigenvalue weighted by Gasteiger charge is -2.22. The summed E-state index contributed by atoms with van der Waals surface area (Å²) in [5.41, 5.74) is 5.82. The molecule has 1 aromatic carbocycles. The van der Waals surface area contributed by atoms with Gasteiger partial charge < -0.3 is 0 Å². The Morgan fingerprint density at radius 3 is 2.06 bits per heavy atom. The molecule has 2 rings (SSSR count). The van der Waals surface area contributed by atoms with Crippen molar-refractivity contribution >= 4 is 15.9 Å². The minimum Gasteiger partial charge on any atom is -0.0836 e. The molecule has 0 aliphatic heterocycles. The van der Waals surface area contributed by atoms with Crippen LogP contribution in [0.3, 0.4) is 0 Å². The normalized spacial score (nSPS) is 19.0. The van der Waals surface area contributed by atoms with E-state index >= 15 is 0 Å². The lowest BCUT2D eigenvalue weighted by atomic mass is 9.90. The van der Waals surface area contributed by atoms with Crippen molar-refractivity contribution < 1.29 is 0 Å². The zero-order chi connectivity index (χ0) is 11.7. The molecule has 0 nitrogen and oxygen atoms in total. The first kappa shape index (κ1) is 12.2. The number of aryl methyl sites for hydroxylation is 3. The largest absolute Gasteiger partial charge is 0.0836 e. The first-order valence-electron chi connectivity index (χ1n) is 6.31. The lowest BCUT2D eigenvalue weighted by Crippen LogP contribution is -2.07. The summed E-state index contributed by atoms with van der Waals surface area (Å²) in [7, 11) is 0. The van der Waals surface area contributed by atoms with Gasteiger partial charge in [0.2, 0.25) is 0 Å². The standard InChI is InChI=1S/C15H21Br/c1-10-8-11(2)14(12(3)9-10)15(16)13-6-4-5-7-13/h8-9,13,15H,4-7H2,1-3H3. The fourth-order valence-corrected chi connectivity index (χ4v) is 4.36. The molecule has 0 bridgehead atoms. The van der Waals surface area contributed by atoms with Crippen LogP contribution in [-0.2, 0) is 0 Å². The molecule has 1 atom stereocenters. The second-order valence-corrected chi connectivity index (χ2v) is 6.25. The van der Waals surface area contributed by atoms with Gasteiger partial charge in [-0.15, -0.1) is 0 Å². The van der Waals surface area contributed by atoms with Gasteiger partial charge in [0.25, 0.3) is 0 Å². The number of alkyl halides is 1. The van der Waals surface area contributed by atoms with Crippen molar-refractivity contribution in [1.82, 2.24) is 0 Å². The first-order valence-corrected chi connectivity index (χ1v) is 7.23. The molecule has 1 aliphatic carbocycles. The molecule has 0 heterocycles. The van der Waals surface area contributed by atoms with E-state index in [2.05, 4.69) is 48.8 Å². The van der Waals surface area contributed by atoms with Gasteiger partial charge in [0.1, 0.15) is 0 Å². The van der Waals surface area contributed by atoms with Gasteiger partial charge in [0.05, 0.1) is 0 Å². The molecule has 1 fully saturated rings. The van der Waals surface area contributed by atoms with Crippen LogP contribution in [0.2, 0.25) is 0 Å². The van der Waals surface area contributed by atoms with Gasteiger partial charge >= 0.3 is 0 Å². The molecule has 0 spiro atoms. The van der Waals surface area contributed by atoms with Gasteiger partial charge in [-0.1, -0.05) is 46.5 Å². The van der Waals surface area contributed by atoms with Gasteiger partial charge in [0.15, 0.2) is 0 Å². The molecular weight excluding hydrogens is 260 g/mol. The van der Waals surface area contributed by atoms with E-state index in [4.69, 9.17) is 0 Å². The summed E-state index contributed by atoms with van der Waals surface area (Å²) in [6.45, 7) is 6.68. The number of halogens is 1. The van der Waals surface area contributed by atoms with E-state index in [0.29, 0.717) is 4.83 Å². The summed E-state index contributed by atoms with van der Waals surface area (Å²) >= 11 is 3.94. The number of rotatable bonds is 2. The molecule has 16 heavy (non-hydrogen) atoms. The zero-order valence-electron chi connectivity index (χ0n) is 10.5. The SMILES string of the molecule is Cc1cc(C)c(C(Br)C2CCCC2)c(C)c1. The molecule has 0 N–H and O–H groups in total. The number of hydrogen-bond acceptors (Lipinski definition) is 0. The van der Waals surface area contributed by atoms with Gasteiger partial charge in [-0.3, -0.25) is 0 Å². The van der Waals surface area contributed by atoms with Crippen molar-refractivity contribution in [2.24, 2.45) is 5.92 Å². The van der Waals surface area contributed by atoms with Gasteiger partial charge in [-0.2, -0.15) is 0 Å². The van der Waals surface area contributed by atoms with E-state index in [-0.39, 0.29) is 0 Å². The molecule has 0 saturated heterocycles. The third-order valence-electron chi connectivity index (χ3n) is 3.83. The van der Waals surface area contributed by atoms with Crippen LogP contribution in [0, 0.1) is 26.7 Å². The summed E-state index contributed by atoms with van der Waals surface area (Å²) in [4.78, 5) is 0.565. The smallest absolute Gasteiger partial charge is 0.0428 e. The highest BCUT2D eigenvalue weighted by Crippen LogP contribution is 2.43. The molecule has 88 valence electrons. The average Bonchev–Trinajstić information content (AvgIpc) is 2.67. The summed E-state index contributed by atoms with van der Waals surface area (Å²) < 4.78 is 0. The van der Waals surface area contributed by atoms with Gasteiger partial charge in [-0.25, -0.2) is 0 Å². The second kappa shape index (κ2) is 4.91. The Hall–Kier alpha value is -0.300. The summed E-state index contributed by atoms with van der Waals surface area (Å²) in [6, 6.07) is 4.62. The Bertz CT molecular complexity index is 352. The monoisotopic (exact) mass is 280 g/mol. The maximum atomic E-state index is 3.94. The van der Waals surface area contributed by atoms with E-state index in [1.54, 1.807) is 0 Å². The fraction of sp³-hybridized carbons (Fsp3) is 0.600. The summed E-state index contributed by atoms with van der Waals surface area (Å²) in [5, 5.41) is 0. The maximum Gasteiger partial charge on any atom is 0.0428 e. The van der Waals surface area contributed by atoms with Gasteiger partial charge in [-0.05, 0) is 56.2 Å². The molecular formula is C15H21Br. The third kappa shape index (κ3) is 2.34. The minimum atomic E-state index is 0.565. The highest BCUT2D eigenvalue weighted by Gasteiger charge is 2.26. The van der Waals surface area contributed by atoms with Crippen LogP contribution in [0.4, 0.5) is 0 Å². The topological polar surface area (TPSA) is 0 Å².